The zero-order valence-electron chi connectivity index (χ0n) is 10.1. The Kier molecular flexibility index (Phi) is 5.81. The number of hydrogen-bond donors (Lipinski definition) is 1. The number of carbonyl (C=O) groups excluding carboxylic acids is 2. The monoisotopic (exact) mass is 396 g/mol. The Bertz CT molecular complexity index is 440. The van der Waals surface area contributed by atoms with Crippen LogP contribution in [0.1, 0.15) is 23.5 Å². The molecule has 1 aromatic rings. The second kappa shape index (κ2) is 6.68. The van der Waals surface area contributed by atoms with Crippen molar-refractivity contribution in [2.75, 3.05) is 13.1 Å². The molecule has 0 atom stereocenters. The van der Waals surface area contributed by atoms with Crippen LogP contribution in [0.15, 0.2) is 14.3 Å². The first-order valence-corrected chi connectivity index (χ1v) is 7.74. The summed E-state index contributed by atoms with van der Waals surface area (Å²) in [5, 5.41) is 0. The molecule has 0 aliphatic rings. The van der Waals surface area contributed by atoms with Gasteiger partial charge in [-0.05, 0) is 43.8 Å². The third-order valence-corrected chi connectivity index (χ3v) is 5.32. The number of nitrogens with zero attached hydrogens (tertiary/aromatic N) is 1. The smallest absolute Gasteiger partial charge is 0.264 e. The van der Waals surface area contributed by atoms with Gasteiger partial charge in [-0.2, -0.15) is 0 Å². The molecule has 4 nitrogen and oxygen atoms in total. The van der Waals surface area contributed by atoms with Crippen molar-refractivity contribution < 1.29 is 9.59 Å². The number of hydrogen-bond acceptors (Lipinski definition) is 3. The van der Waals surface area contributed by atoms with E-state index in [1.807, 2.05) is 13.8 Å². The Morgan fingerprint density at radius 1 is 1.44 bits per heavy atom. The van der Waals surface area contributed by atoms with Crippen molar-refractivity contribution in [3.8, 4) is 0 Å². The fraction of sp³-hybridized carbons (Fsp3) is 0.455. The minimum absolute atomic E-state index is 0.0514. The average Bonchev–Trinajstić information content (AvgIpc) is 2.56. The number of amides is 2. The topological polar surface area (TPSA) is 63.4 Å². The second-order valence-electron chi connectivity index (χ2n) is 4.28. The highest BCUT2D eigenvalue weighted by Gasteiger charge is 2.21. The minimum atomic E-state index is -0.501. The highest BCUT2D eigenvalue weighted by molar-refractivity contribution is 9.13. The van der Waals surface area contributed by atoms with Crippen molar-refractivity contribution in [2.24, 2.45) is 11.7 Å². The predicted molar refractivity (Wildman–Crippen MR) is 79.7 cm³/mol. The van der Waals surface area contributed by atoms with E-state index in [4.69, 9.17) is 5.73 Å². The van der Waals surface area contributed by atoms with Crippen molar-refractivity contribution in [1.29, 1.82) is 0 Å². The van der Waals surface area contributed by atoms with Crippen LogP contribution in [0.3, 0.4) is 0 Å². The van der Waals surface area contributed by atoms with Gasteiger partial charge in [0.05, 0.1) is 15.2 Å². The van der Waals surface area contributed by atoms with Crippen LogP contribution >= 0.6 is 43.2 Å². The number of carbonyl (C=O) groups is 2. The molecule has 0 spiro atoms. The van der Waals surface area contributed by atoms with Crippen LogP contribution in [0.4, 0.5) is 0 Å². The summed E-state index contributed by atoms with van der Waals surface area (Å²) in [6.45, 7) is 4.43. The summed E-state index contributed by atoms with van der Waals surface area (Å²) in [5.74, 6) is -0.391. The summed E-state index contributed by atoms with van der Waals surface area (Å²) >= 11 is 8.01. The van der Waals surface area contributed by atoms with Gasteiger partial charge in [0, 0.05) is 11.0 Å². The normalized spacial score (nSPS) is 10.7. The first-order valence-electron chi connectivity index (χ1n) is 5.33. The van der Waals surface area contributed by atoms with Crippen LogP contribution in [0, 0.1) is 5.92 Å². The molecule has 100 valence electrons. The lowest BCUT2D eigenvalue weighted by Gasteiger charge is -2.22. The Morgan fingerprint density at radius 2 is 2.06 bits per heavy atom. The van der Waals surface area contributed by atoms with E-state index in [2.05, 4.69) is 31.9 Å². The largest absolute Gasteiger partial charge is 0.368 e. The van der Waals surface area contributed by atoms with Gasteiger partial charge in [0.15, 0.2) is 0 Å². The van der Waals surface area contributed by atoms with Crippen molar-refractivity contribution in [2.45, 2.75) is 13.8 Å². The molecule has 0 aliphatic carbocycles. The van der Waals surface area contributed by atoms with Crippen molar-refractivity contribution in [1.82, 2.24) is 4.90 Å². The van der Waals surface area contributed by atoms with Crippen LogP contribution in [-0.4, -0.2) is 29.8 Å². The lowest BCUT2D eigenvalue weighted by atomic mass is 10.2. The number of thiophene rings is 1. The minimum Gasteiger partial charge on any atom is -0.368 e. The fourth-order valence-corrected chi connectivity index (χ4v) is 3.46. The van der Waals surface area contributed by atoms with Gasteiger partial charge in [0.25, 0.3) is 5.91 Å². The fourth-order valence-electron chi connectivity index (χ4n) is 1.46. The molecule has 0 aliphatic heterocycles. The molecular formula is C11H14Br2N2O2S. The van der Waals surface area contributed by atoms with Crippen LogP contribution in [0.25, 0.3) is 0 Å². The summed E-state index contributed by atoms with van der Waals surface area (Å²) in [5.41, 5.74) is 5.17. The van der Waals surface area contributed by atoms with Crippen LogP contribution in [-0.2, 0) is 4.79 Å². The molecular weight excluding hydrogens is 384 g/mol. The molecule has 0 unspecified atom stereocenters. The van der Waals surface area contributed by atoms with E-state index in [1.54, 1.807) is 6.07 Å². The maximum absolute atomic E-state index is 12.3. The third kappa shape index (κ3) is 4.37. The second-order valence-corrected chi connectivity index (χ2v) is 7.50. The molecule has 0 aromatic carbocycles. The maximum atomic E-state index is 12.3. The van der Waals surface area contributed by atoms with Gasteiger partial charge in [0.2, 0.25) is 5.91 Å². The lowest BCUT2D eigenvalue weighted by Crippen LogP contribution is -2.40. The molecule has 0 saturated heterocycles. The highest BCUT2D eigenvalue weighted by atomic mass is 79.9. The Balaban J connectivity index is 2.90. The Hall–Kier alpha value is -0.400. The van der Waals surface area contributed by atoms with E-state index >= 15 is 0 Å². The van der Waals surface area contributed by atoms with Crippen LogP contribution < -0.4 is 5.73 Å². The van der Waals surface area contributed by atoms with E-state index in [-0.39, 0.29) is 18.4 Å². The lowest BCUT2D eigenvalue weighted by molar-refractivity contribution is -0.118. The number of primary amides is 1. The van der Waals surface area contributed by atoms with E-state index in [9.17, 15) is 9.59 Å². The van der Waals surface area contributed by atoms with Crippen molar-refractivity contribution in [3.05, 3.63) is 19.2 Å². The quantitative estimate of drug-likeness (QED) is 0.830. The van der Waals surface area contributed by atoms with Crippen LogP contribution in [0.5, 0.6) is 0 Å². The molecule has 2 N–H and O–H groups in total. The first-order chi connectivity index (χ1) is 8.31. The molecule has 1 rings (SSSR count). The standard InChI is InChI=1S/C11H14Br2N2O2S/c1-6(2)4-15(5-9(14)16)11(17)8-3-7(12)10(13)18-8/h3,6H,4-5H2,1-2H3,(H2,14,16). The summed E-state index contributed by atoms with van der Waals surface area (Å²) < 4.78 is 1.69. The molecule has 0 radical (unpaired) electrons. The van der Waals surface area contributed by atoms with Gasteiger partial charge in [-0.3, -0.25) is 9.59 Å². The summed E-state index contributed by atoms with van der Waals surface area (Å²) in [6.07, 6.45) is 0. The van der Waals surface area contributed by atoms with Gasteiger partial charge in [-0.15, -0.1) is 11.3 Å². The predicted octanol–water partition coefficient (Wildman–Crippen LogP) is 2.86. The summed E-state index contributed by atoms with van der Waals surface area (Å²) in [6, 6.07) is 1.74. The van der Waals surface area contributed by atoms with E-state index < -0.39 is 5.91 Å². The SMILES string of the molecule is CC(C)CN(CC(N)=O)C(=O)c1cc(Br)c(Br)s1. The molecule has 2 amide bonds. The van der Waals surface area contributed by atoms with Crippen molar-refractivity contribution >= 4 is 55.0 Å². The molecule has 7 heteroatoms. The van der Waals surface area contributed by atoms with Gasteiger partial charge < -0.3 is 10.6 Å². The average molecular weight is 398 g/mol. The van der Waals surface area contributed by atoms with E-state index in [1.165, 1.54) is 16.2 Å². The molecule has 0 bridgehead atoms. The Morgan fingerprint density at radius 3 is 2.44 bits per heavy atom. The van der Waals surface area contributed by atoms with Gasteiger partial charge in [-0.25, -0.2) is 0 Å². The number of rotatable bonds is 5. The third-order valence-electron chi connectivity index (χ3n) is 2.08. The summed E-state index contributed by atoms with van der Waals surface area (Å²) in [4.78, 5) is 25.3. The molecule has 1 aromatic heterocycles. The van der Waals surface area contributed by atoms with Crippen LogP contribution in [0.2, 0.25) is 0 Å². The van der Waals surface area contributed by atoms with Gasteiger partial charge in [-0.1, -0.05) is 13.8 Å². The number of halogens is 2. The molecule has 0 saturated carbocycles. The molecule has 0 fully saturated rings. The van der Waals surface area contributed by atoms with Gasteiger partial charge in [0.1, 0.15) is 0 Å². The molecule has 1 heterocycles. The van der Waals surface area contributed by atoms with Crippen molar-refractivity contribution in [3.63, 3.8) is 0 Å². The first kappa shape index (κ1) is 15.7. The van der Waals surface area contributed by atoms with E-state index in [0.29, 0.717) is 11.4 Å². The zero-order chi connectivity index (χ0) is 13.9. The number of nitrogens with two attached hydrogens (primary N) is 1. The summed E-state index contributed by atoms with van der Waals surface area (Å²) in [7, 11) is 0. The Labute approximate surface area is 127 Å². The van der Waals surface area contributed by atoms with Gasteiger partial charge >= 0.3 is 0 Å². The maximum Gasteiger partial charge on any atom is 0.264 e. The molecule has 18 heavy (non-hydrogen) atoms. The van der Waals surface area contributed by atoms with E-state index in [0.717, 1.165) is 8.26 Å². The zero-order valence-corrected chi connectivity index (χ0v) is 14.1. The highest BCUT2D eigenvalue weighted by Crippen LogP contribution is 2.33.